The molecule has 0 atom stereocenters. The molecule has 9 aromatic rings. The van der Waals surface area contributed by atoms with Gasteiger partial charge in [0.2, 0.25) is 0 Å². The van der Waals surface area contributed by atoms with E-state index in [1.807, 2.05) is 6.07 Å². The van der Waals surface area contributed by atoms with Crippen LogP contribution in [0.4, 0.5) is 17.1 Å². The van der Waals surface area contributed by atoms with Gasteiger partial charge < -0.3 is 9.64 Å². The number of benzene rings is 9. The highest BCUT2D eigenvalue weighted by Gasteiger charge is 2.23. The Morgan fingerprint density at radius 1 is 0.340 bits per heavy atom. The summed E-state index contributed by atoms with van der Waals surface area (Å²) in [4.78, 5) is 2.42. The quantitative estimate of drug-likeness (QED) is 0.186. The molecule has 2 nitrogen and oxygen atoms in total. The molecule has 0 bridgehead atoms. The molecule has 0 saturated heterocycles. The predicted molar refractivity (Wildman–Crippen MR) is 210 cm³/mol. The van der Waals surface area contributed by atoms with Gasteiger partial charge >= 0.3 is 0 Å². The van der Waals surface area contributed by atoms with Crippen LogP contribution in [0.15, 0.2) is 188 Å². The first-order valence-electron chi connectivity index (χ1n) is 17.1. The van der Waals surface area contributed by atoms with Gasteiger partial charge in [-0.25, -0.2) is 0 Å². The second-order valence-corrected chi connectivity index (χ2v) is 12.9. The van der Waals surface area contributed by atoms with Crippen LogP contribution in [0.25, 0.3) is 65.7 Å². The van der Waals surface area contributed by atoms with Crippen LogP contribution >= 0.6 is 0 Å². The lowest BCUT2D eigenvalue weighted by atomic mass is 9.90. The number of ether oxygens (including phenoxy) is 1. The Labute approximate surface area is 291 Å². The van der Waals surface area contributed by atoms with Crippen LogP contribution in [0.5, 0.6) is 11.5 Å². The number of rotatable bonds is 5. The van der Waals surface area contributed by atoms with Gasteiger partial charge in [0.15, 0.2) is 0 Å². The van der Waals surface area contributed by atoms with E-state index in [4.69, 9.17) is 4.74 Å². The average Bonchev–Trinajstić information content (AvgIpc) is 3.18. The maximum Gasteiger partial charge on any atom is 0.135 e. The monoisotopic (exact) mass is 637 g/mol. The van der Waals surface area contributed by atoms with Crippen molar-refractivity contribution in [3.8, 4) is 44.9 Å². The summed E-state index contributed by atoms with van der Waals surface area (Å²) >= 11 is 0. The standard InChI is InChI=1S/C48H31NO/c1-2-13-35-29-36(24-23-32(35)11-1)33-25-27-39(28-26-33)49(45-20-9-14-34-12-3-4-16-40(34)45)44-19-7-5-17-41(44)38-30-37-15-10-22-47-48(37)43(31-38)42-18-6-8-21-46(42)50-47/h1-31H. The van der Waals surface area contributed by atoms with Gasteiger partial charge in [-0.2, -0.15) is 0 Å². The van der Waals surface area contributed by atoms with Crippen LogP contribution in [0.1, 0.15) is 0 Å². The first-order chi connectivity index (χ1) is 24.8. The van der Waals surface area contributed by atoms with Crippen molar-refractivity contribution in [3.63, 3.8) is 0 Å². The third-order valence-electron chi connectivity index (χ3n) is 10.0. The number of nitrogens with zero attached hydrogens (tertiary/aromatic N) is 1. The molecule has 0 unspecified atom stereocenters. The SMILES string of the molecule is c1ccc2c(c1)Oc1cccc3cc(-c4ccccc4N(c4ccc(-c5ccc6ccccc6c5)cc4)c4cccc5ccccc45)cc-2c13. The van der Waals surface area contributed by atoms with Gasteiger partial charge in [-0.1, -0.05) is 133 Å². The lowest BCUT2D eigenvalue weighted by Crippen LogP contribution is -2.11. The summed E-state index contributed by atoms with van der Waals surface area (Å²) < 4.78 is 6.37. The molecule has 10 rings (SSSR count). The lowest BCUT2D eigenvalue weighted by Gasteiger charge is -2.29. The summed E-state index contributed by atoms with van der Waals surface area (Å²) in [6.07, 6.45) is 0. The maximum atomic E-state index is 6.37. The smallest absolute Gasteiger partial charge is 0.135 e. The zero-order valence-electron chi connectivity index (χ0n) is 27.3. The van der Waals surface area contributed by atoms with Crippen LogP contribution < -0.4 is 9.64 Å². The van der Waals surface area contributed by atoms with E-state index in [-0.39, 0.29) is 0 Å². The van der Waals surface area contributed by atoms with Crippen LogP contribution in [-0.2, 0) is 0 Å². The number of para-hydroxylation sites is 2. The summed E-state index contributed by atoms with van der Waals surface area (Å²) in [7, 11) is 0. The van der Waals surface area contributed by atoms with Crippen molar-refractivity contribution in [1.29, 1.82) is 0 Å². The average molecular weight is 638 g/mol. The van der Waals surface area contributed by atoms with E-state index >= 15 is 0 Å². The van der Waals surface area contributed by atoms with Gasteiger partial charge in [0.25, 0.3) is 0 Å². The predicted octanol–water partition coefficient (Wildman–Crippen LogP) is 13.7. The molecule has 0 N–H and O–H groups in total. The molecule has 0 fully saturated rings. The van der Waals surface area contributed by atoms with Gasteiger partial charge in [-0.15, -0.1) is 0 Å². The summed E-state index contributed by atoms with van der Waals surface area (Å²) in [5.41, 5.74) is 10.4. The maximum absolute atomic E-state index is 6.37. The first kappa shape index (κ1) is 28.4. The zero-order chi connectivity index (χ0) is 33.0. The Morgan fingerprint density at radius 2 is 0.960 bits per heavy atom. The highest BCUT2D eigenvalue weighted by molar-refractivity contribution is 6.08. The summed E-state index contributed by atoms with van der Waals surface area (Å²) in [5.74, 6) is 1.79. The van der Waals surface area contributed by atoms with Gasteiger partial charge in [-0.05, 0) is 98.4 Å². The Kier molecular flexibility index (Phi) is 6.53. The Balaban J connectivity index is 1.17. The van der Waals surface area contributed by atoms with Crippen LogP contribution in [0.3, 0.4) is 0 Å². The van der Waals surface area contributed by atoms with Crippen molar-refractivity contribution in [2.45, 2.75) is 0 Å². The molecule has 0 saturated carbocycles. The molecule has 234 valence electrons. The largest absolute Gasteiger partial charge is 0.456 e. The molecule has 0 radical (unpaired) electrons. The third kappa shape index (κ3) is 4.65. The van der Waals surface area contributed by atoms with E-state index in [1.54, 1.807) is 0 Å². The van der Waals surface area contributed by atoms with Crippen molar-refractivity contribution in [1.82, 2.24) is 0 Å². The minimum Gasteiger partial charge on any atom is -0.456 e. The fraction of sp³-hybridized carbons (Fsp3) is 0. The topological polar surface area (TPSA) is 12.5 Å². The van der Waals surface area contributed by atoms with Gasteiger partial charge in [0.1, 0.15) is 11.5 Å². The van der Waals surface area contributed by atoms with Gasteiger partial charge in [-0.3, -0.25) is 0 Å². The van der Waals surface area contributed by atoms with E-state index in [0.717, 1.165) is 56.0 Å². The molecule has 2 heteroatoms. The number of hydrogen-bond donors (Lipinski definition) is 0. The van der Waals surface area contributed by atoms with Gasteiger partial charge in [0, 0.05) is 27.6 Å². The Morgan fingerprint density at radius 3 is 1.86 bits per heavy atom. The molecule has 0 spiro atoms. The minimum absolute atomic E-state index is 0.891. The van der Waals surface area contributed by atoms with Crippen molar-refractivity contribution < 1.29 is 4.74 Å². The van der Waals surface area contributed by atoms with E-state index in [9.17, 15) is 0 Å². The Hall–Kier alpha value is -6.64. The molecular formula is C48H31NO. The molecule has 1 heterocycles. The summed E-state index contributed by atoms with van der Waals surface area (Å²) in [6.45, 7) is 0. The van der Waals surface area contributed by atoms with Crippen molar-refractivity contribution in [2.75, 3.05) is 4.90 Å². The van der Waals surface area contributed by atoms with E-state index in [0.29, 0.717) is 0 Å². The Bertz CT molecular complexity index is 2740. The number of fused-ring (bicyclic) bond motifs is 4. The molecule has 0 aliphatic carbocycles. The molecular weight excluding hydrogens is 607 g/mol. The first-order valence-corrected chi connectivity index (χ1v) is 17.1. The molecule has 1 aliphatic rings. The normalized spacial score (nSPS) is 11.8. The molecule has 1 aliphatic heterocycles. The van der Waals surface area contributed by atoms with Crippen molar-refractivity contribution in [2.24, 2.45) is 0 Å². The summed E-state index contributed by atoms with van der Waals surface area (Å²) in [5, 5.41) is 7.23. The van der Waals surface area contributed by atoms with Crippen LogP contribution in [-0.4, -0.2) is 0 Å². The lowest BCUT2D eigenvalue weighted by molar-refractivity contribution is 0.487. The fourth-order valence-electron chi connectivity index (χ4n) is 7.64. The highest BCUT2D eigenvalue weighted by atomic mass is 16.5. The molecule has 0 aromatic heterocycles. The van der Waals surface area contributed by atoms with Gasteiger partial charge in [0.05, 0.1) is 11.4 Å². The minimum atomic E-state index is 0.891. The molecule has 9 aromatic carbocycles. The van der Waals surface area contributed by atoms with E-state index in [2.05, 4.69) is 187 Å². The molecule has 50 heavy (non-hydrogen) atoms. The summed E-state index contributed by atoms with van der Waals surface area (Å²) in [6, 6.07) is 67.6. The fourth-order valence-corrected chi connectivity index (χ4v) is 7.64. The second kappa shape index (κ2) is 11.5. The second-order valence-electron chi connectivity index (χ2n) is 12.9. The van der Waals surface area contributed by atoms with Crippen LogP contribution in [0.2, 0.25) is 0 Å². The third-order valence-corrected chi connectivity index (χ3v) is 10.0. The highest BCUT2D eigenvalue weighted by Crippen LogP contribution is 2.50. The number of anilines is 3. The van der Waals surface area contributed by atoms with E-state index in [1.165, 1.54) is 38.2 Å². The van der Waals surface area contributed by atoms with Crippen LogP contribution in [0, 0.1) is 0 Å². The van der Waals surface area contributed by atoms with Crippen molar-refractivity contribution >= 4 is 49.4 Å². The zero-order valence-corrected chi connectivity index (χ0v) is 27.3. The number of hydrogen-bond acceptors (Lipinski definition) is 2. The molecule has 0 amide bonds. The van der Waals surface area contributed by atoms with E-state index < -0.39 is 0 Å². The van der Waals surface area contributed by atoms with Crippen molar-refractivity contribution in [3.05, 3.63) is 188 Å².